The zero-order chi connectivity index (χ0) is 9.10. The smallest absolute Gasteiger partial charge is 0.115 e. The van der Waals surface area contributed by atoms with E-state index in [9.17, 15) is 4.39 Å². The third-order valence-corrected chi connectivity index (χ3v) is 1.82. The molecule has 4 heteroatoms. The molecule has 0 aliphatic carbocycles. The van der Waals surface area contributed by atoms with E-state index in [1.54, 1.807) is 18.3 Å². The zero-order valence-corrected chi connectivity index (χ0v) is 6.87. The number of benzene rings is 1. The van der Waals surface area contributed by atoms with Gasteiger partial charge in [-0.1, -0.05) is 24.3 Å². The van der Waals surface area contributed by atoms with Crippen LogP contribution in [-0.2, 0) is 6.67 Å². The number of nitrogens with one attached hydrogen (secondary N) is 1. The first-order chi connectivity index (χ1) is 6.40. The topological polar surface area (TPSA) is 41.6 Å². The van der Waals surface area contributed by atoms with Crippen LogP contribution in [0.4, 0.5) is 4.39 Å². The van der Waals surface area contributed by atoms with Crippen molar-refractivity contribution in [3.8, 4) is 11.3 Å². The predicted molar refractivity (Wildman–Crippen MR) is 46.6 cm³/mol. The molecule has 1 aromatic carbocycles. The van der Waals surface area contributed by atoms with E-state index in [0.717, 1.165) is 11.3 Å². The van der Waals surface area contributed by atoms with Crippen LogP contribution in [0.2, 0.25) is 0 Å². The molecule has 13 heavy (non-hydrogen) atoms. The fourth-order valence-corrected chi connectivity index (χ4v) is 1.11. The molecule has 0 aliphatic heterocycles. The van der Waals surface area contributed by atoms with Crippen molar-refractivity contribution in [3.63, 3.8) is 0 Å². The Morgan fingerprint density at radius 3 is 2.54 bits per heavy atom. The molecule has 0 spiro atoms. The number of hydrogen-bond donors (Lipinski definition) is 1. The summed E-state index contributed by atoms with van der Waals surface area (Å²) in [4.78, 5) is 0. The van der Waals surface area contributed by atoms with Crippen molar-refractivity contribution in [1.82, 2.24) is 15.4 Å². The molecule has 0 saturated heterocycles. The Morgan fingerprint density at radius 2 is 2.00 bits per heavy atom. The summed E-state index contributed by atoms with van der Waals surface area (Å²) in [5, 5.41) is 10.1. The Labute approximate surface area is 74.6 Å². The second-order valence-corrected chi connectivity index (χ2v) is 2.69. The number of aromatic amines is 1. The molecule has 0 unspecified atom stereocenters. The van der Waals surface area contributed by atoms with Gasteiger partial charge < -0.3 is 0 Å². The van der Waals surface area contributed by atoms with Crippen LogP contribution in [0.25, 0.3) is 11.3 Å². The van der Waals surface area contributed by atoms with Gasteiger partial charge in [-0.05, 0) is 5.56 Å². The van der Waals surface area contributed by atoms with Crippen molar-refractivity contribution in [2.24, 2.45) is 0 Å². The Bertz CT molecular complexity index is 366. The molecular weight excluding hydrogens is 169 g/mol. The van der Waals surface area contributed by atoms with Crippen molar-refractivity contribution in [1.29, 1.82) is 0 Å². The van der Waals surface area contributed by atoms with Crippen molar-refractivity contribution in [2.75, 3.05) is 0 Å². The Balaban J connectivity index is 2.33. The van der Waals surface area contributed by atoms with Gasteiger partial charge in [-0.15, -0.1) is 0 Å². The van der Waals surface area contributed by atoms with Crippen LogP contribution in [0, 0.1) is 0 Å². The van der Waals surface area contributed by atoms with Crippen molar-refractivity contribution < 1.29 is 4.39 Å². The molecule has 0 aliphatic rings. The molecular formula is C9H8FN3. The second-order valence-electron chi connectivity index (χ2n) is 2.69. The van der Waals surface area contributed by atoms with Crippen LogP contribution >= 0.6 is 0 Å². The molecule has 0 amide bonds. The minimum absolute atomic E-state index is 0.431. The van der Waals surface area contributed by atoms with Gasteiger partial charge in [0.2, 0.25) is 0 Å². The highest BCUT2D eigenvalue weighted by molar-refractivity contribution is 5.57. The molecule has 3 nitrogen and oxygen atoms in total. The average Bonchev–Trinajstić information content (AvgIpc) is 2.71. The van der Waals surface area contributed by atoms with Gasteiger partial charge >= 0.3 is 0 Å². The second kappa shape index (κ2) is 3.35. The highest BCUT2D eigenvalue weighted by Crippen LogP contribution is 2.15. The van der Waals surface area contributed by atoms with Gasteiger partial charge in [0.15, 0.2) is 0 Å². The first-order valence-corrected chi connectivity index (χ1v) is 3.91. The van der Waals surface area contributed by atoms with Crippen LogP contribution in [0.3, 0.4) is 0 Å². The van der Waals surface area contributed by atoms with Crippen LogP contribution in [-0.4, -0.2) is 15.4 Å². The normalized spacial score (nSPS) is 10.2. The first-order valence-electron chi connectivity index (χ1n) is 3.91. The van der Waals surface area contributed by atoms with Gasteiger partial charge in [0.1, 0.15) is 12.4 Å². The number of H-pyrrole nitrogens is 1. The lowest BCUT2D eigenvalue weighted by atomic mass is 10.1. The molecule has 1 N–H and O–H groups in total. The van der Waals surface area contributed by atoms with Gasteiger partial charge in [0, 0.05) is 5.56 Å². The van der Waals surface area contributed by atoms with E-state index in [1.807, 2.05) is 12.1 Å². The van der Waals surface area contributed by atoms with Crippen LogP contribution in [0.1, 0.15) is 5.56 Å². The van der Waals surface area contributed by atoms with Gasteiger partial charge in [-0.2, -0.15) is 15.4 Å². The minimum atomic E-state index is -0.431. The van der Waals surface area contributed by atoms with Crippen LogP contribution in [0.5, 0.6) is 0 Å². The summed E-state index contributed by atoms with van der Waals surface area (Å²) in [5.41, 5.74) is 2.38. The molecule has 1 aromatic heterocycles. The average molecular weight is 177 g/mol. The number of nitrogens with zero attached hydrogens (tertiary/aromatic N) is 2. The van der Waals surface area contributed by atoms with Gasteiger partial charge in [-0.25, -0.2) is 4.39 Å². The Kier molecular flexibility index (Phi) is 2.04. The summed E-state index contributed by atoms with van der Waals surface area (Å²) in [6.45, 7) is -0.431. The van der Waals surface area contributed by atoms with Crippen molar-refractivity contribution >= 4 is 0 Å². The molecule has 0 atom stereocenters. The van der Waals surface area contributed by atoms with E-state index < -0.39 is 6.67 Å². The van der Waals surface area contributed by atoms with Crippen LogP contribution in [0.15, 0.2) is 30.5 Å². The van der Waals surface area contributed by atoms with E-state index in [1.165, 1.54) is 0 Å². The largest absolute Gasteiger partial charge is 0.246 e. The molecule has 66 valence electrons. The summed E-state index contributed by atoms with van der Waals surface area (Å²) >= 11 is 0. The lowest BCUT2D eigenvalue weighted by molar-refractivity contribution is 0.485. The Hall–Kier alpha value is -1.71. The molecule has 0 fully saturated rings. The summed E-state index contributed by atoms with van der Waals surface area (Å²) in [6, 6.07) is 7.13. The number of halogens is 1. The summed E-state index contributed by atoms with van der Waals surface area (Å²) in [7, 11) is 0. The molecule has 2 rings (SSSR count). The number of rotatable bonds is 2. The first kappa shape index (κ1) is 7.91. The monoisotopic (exact) mass is 177 g/mol. The molecule has 2 aromatic rings. The summed E-state index contributed by atoms with van der Waals surface area (Å²) in [6.07, 6.45) is 1.63. The van der Waals surface area contributed by atoms with Crippen molar-refractivity contribution in [2.45, 2.75) is 6.67 Å². The number of aromatic nitrogens is 3. The quantitative estimate of drug-likeness (QED) is 0.761. The molecule has 0 saturated carbocycles. The highest BCUT2D eigenvalue weighted by atomic mass is 19.1. The zero-order valence-electron chi connectivity index (χ0n) is 6.87. The predicted octanol–water partition coefficient (Wildman–Crippen LogP) is 1.94. The minimum Gasteiger partial charge on any atom is -0.246 e. The maximum atomic E-state index is 12.2. The van der Waals surface area contributed by atoms with Crippen LogP contribution < -0.4 is 0 Å². The lowest BCUT2D eigenvalue weighted by Gasteiger charge is -1.96. The van der Waals surface area contributed by atoms with E-state index in [2.05, 4.69) is 15.4 Å². The lowest BCUT2D eigenvalue weighted by Crippen LogP contribution is -1.80. The third-order valence-electron chi connectivity index (χ3n) is 1.82. The number of alkyl halides is 1. The van der Waals surface area contributed by atoms with E-state index >= 15 is 0 Å². The Morgan fingerprint density at radius 1 is 1.23 bits per heavy atom. The van der Waals surface area contributed by atoms with Gasteiger partial charge in [0.05, 0.1) is 6.20 Å². The SMILES string of the molecule is FCc1ccc(-c2cn[nH]n2)cc1. The maximum absolute atomic E-state index is 12.2. The van der Waals surface area contributed by atoms with E-state index in [-0.39, 0.29) is 0 Å². The van der Waals surface area contributed by atoms with Crippen molar-refractivity contribution in [3.05, 3.63) is 36.0 Å². The molecule has 1 heterocycles. The molecule has 0 radical (unpaired) electrons. The number of hydrogen-bond acceptors (Lipinski definition) is 2. The fourth-order valence-electron chi connectivity index (χ4n) is 1.11. The van der Waals surface area contributed by atoms with Gasteiger partial charge in [0.25, 0.3) is 0 Å². The summed E-state index contributed by atoms with van der Waals surface area (Å²) < 4.78 is 12.2. The highest BCUT2D eigenvalue weighted by Gasteiger charge is 1.99. The van der Waals surface area contributed by atoms with E-state index in [0.29, 0.717) is 5.56 Å². The molecule has 0 bridgehead atoms. The standard InChI is InChI=1S/C9H8FN3/c10-5-7-1-3-8(4-2-7)9-6-11-13-12-9/h1-4,6H,5H2,(H,11,12,13). The third kappa shape index (κ3) is 1.56. The maximum Gasteiger partial charge on any atom is 0.115 e. The fraction of sp³-hybridized carbons (Fsp3) is 0.111. The van der Waals surface area contributed by atoms with E-state index in [4.69, 9.17) is 0 Å². The summed E-state index contributed by atoms with van der Waals surface area (Å²) in [5.74, 6) is 0. The van der Waals surface area contributed by atoms with Gasteiger partial charge in [-0.3, -0.25) is 0 Å².